The molecule has 0 unspecified atom stereocenters. The van der Waals surface area contributed by atoms with E-state index in [0.717, 1.165) is 37.2 Å². The largest absolute Gasteiger partial charge is 0.452 e. The second-order valence-electron chi connectivity index (χ2n) is 7.46. The zero-order valence-corrected chi connectivity index (χ0v) is 17.3. The Bertz CT molecular complexity index is 800. The number of hydrogen-bond donors (Lipinski definition) is 0. The molecule has 0 N–H and O–H groups in total. The van der Waals surface area contributed by atoms with Crippen LogP contribution in [-0.4, -0.2) is 40.0 Å². The van der Waals surface area contributed by atoms with Gasteiger partial charge in [-0.15, -0.1) is 11.3 Å². The van der Waals surface area contributed by atoms with Crippen LogP contribution in [0, 0.1) is 13.8 Å². The Morgan fingerprint density at radius 3 is 2.56 bits per heavy atom. The Morgan fingerprint density at radius 1 is 1.22 bits per heavy atom. The van der Waals surface area contributed by atoms with Crippen molar-refractivity contribution in [1.29, 1.82) is 0 Å². The van der Waals surface area contributed by atoms with Crippen LogP contribution in [0.2, 0.25) is 0 Å². The number of thiophene rings is 1. The van der Waals surface area contributed by atoms with E-state index in [1.807, 2.05) is 36.3 Å². The first kappa shape index (κ1) is 19.7. The van der Waals surface area contributed by atoms with Crippen molar-refractivity contribution in [3.8, 4) is 0 Å². The van der Waals surface area contributed by atoms with Gasteiger partial charge in [-0.1, -0.05) is 6.07 Å². The van der Waals surface area contributed by atoms with E-state index in [1.54, 1.807) is 11.3 Å². The van der Waals surface area contributed by atoms with Crippen LogP contribution in [-0.2, 0) is 16.1 Å². The molecule has 1 aliphatic rings. The van der Waals surface area contributed by atoms with Gasteiger partial charge in [0.1, 0.15) is 0 Å². The maximum Gasteiger partial charge on any atom is 0.340 e. The second kappa shape index (κ2) is 8.30. The molecule has 0 saturated carbocycles. The van der Waals surface area contributed by atoms with Crippen LogP contribution in [0.25, 0.3) is 0 Å². The molecule has 0 spiro atoms. The lowest BCUT2D eigenvalue weighted by molar-refractivity contribution is -0.140. The molecular weight excluding hydrogens is 360 g/mol. The molecule has 6 heteroatoms. The van der Waals surface area contributed by atoms with Crippen LogP contribution < -0.4 is 0 Å². The Balaban J connectivity index is 1.65. The molecule has 0 aliphatic carbocycles. The van der Waals surface area contributed by atoms with Crippen LogP contribution >= 0.6 is 11.3 Å². The van der Waals surface area contributed by atoms with E-state index in [4.69, 9.17) is 4.74 Å². The summed E-state index contributed by atoms with van der Waals surface area (Å²) in [4.78, 5) is 28.3. The average Bonchev–Trinajstić information content (AvgIpc) is 3.23. The van der Waals surface area contributed by atoms with Crippen LogP contribution in [0.5, 0.6) is 0 Å². The molecule has 3 rings (SSSR count). The molecule has 2 aromatic rings. The fourth-order valence-corrected chi connectivity index (χ4v) is 4.69. The number of carbonyl (C=O) groups excluding carboxylic acids is 2. The minimum absolute atomic E-state index is 0.101. The summed E-state index contributed by atoms with van der Waals surface area (Å²) in [5.41, 5.74) is 2.42. The smallest absolute Gasteiger partial charge is 0.340 e. The Hall–Kier alpha value is -2.08. The summed E-state index contributed by atoms with van der Waals surface area (Å²) in [6.07, 6.45) is 3.16. The first-order valence-electron chi connectivity index (χ1n) is 9.56. The van der Waals surface area contributed by atoms with Gasteiger partial charge >= 0.3 is 5.97 Å². The normalized spacial score (nSPS) is 19.9. The van der Waals surface area contributed by atoms with Crippen LogP contribution in [0.3, 0.4) is 0 Å². The molecule has 1 saturated heterocycles. The quantitative estimate of drug-likeness (QED) is 0.723. The summed E-state index contributed by atoms with van der Waals surface area (Å²) in [6, 6.07) is 6.37. The second-order valence-corrected chi connectivity index (χ2v) is 8.49. The number of nitrogens with zero attached hydrogens (tertiary/aromatic N) is 2. The molecule has 0 bridgehead atoms. The molecule has 3 heterocycles. The Morgan fingerprint density at radius 2 is 1.93 bits per heavy atom. The highest BCUT2D eigenvalue weighted by molar-refractivity contribution is 7.09. The molecule has 0 radical (unpaired) electrons. The van der Waals surface area contributed by atoms with Crippen LogP contribution in [0.1, 0.15) is 59.7 Å². The Kier molecular flexibility index (Phi) is 6.05. The van der Waals surface area contributed by atoms with Crippen molar-refractivity contribution in [3.05, 3.63) is 45.4 Å². The fourth-order valence-electron chi connectivity index (χ4n) is 4.00. The van der Waals surface area contributed by atoms with E-state index in [0.29, 0.717) is 5.56 Å². The van der Waals surface area contributed by atoms with Crippen LogP contribution in [0.4, 0.5) is 0 Å². The predicted molar refractivity (Wildman–Crippen MR) is 107 cm³/mol. The van der Waals surface area contributed by atoms with Crippen molar-refractivity contribution in [2.75, 3.05) is 6.61 Å². The number of rotatable bonds is 5. The van der Waals surface area contributed by atoms with E-state index in [2.05, 4.69) is 24.5 Å². The maximum absolute atomic E-state index is 12.6. The molecule has 1 aliphatic heterocycles. The minimum Gasteiger partial charge on any atom is -0.452 e. The van der Waals surface area contributed by atoms with Gasteiger partial charge in [-0.3, -0.25) is 4.79 Å². The van der Waals surface area contributed by atoms with Gasteiger partial charge in [0.05, 0.1) is 12.1 Å². The topological polar surface area (TPSA) is 51.5 Å². The molecule has 146 valence electrons. The van der Waals surface area contributed by atoms with Crippen molar-refractivity contribution in [1.82, 2.24) is 9.47 Å². The van der Waals surface area contributed by atoms with E-state index >= 15 is 0 Å². The van der Waals surface area contributed by atoms with E-state index < -0.39 is 5.97 Å². The van der Waals surface area contributed by atoms with Gasteiger partial charge in [-0.25, -0.2) is 4.79 Å². The van der Waals surface area contributed by atoms with E-state index in [-0.39, 0.29) is 24.6 Å². The lowest BCUT2D eigenvalue weighted by Gasteiger charge is -2.38. The fraction of sp³-hybridized carbons (Fsp3) is 0.524. The maximum atomic E-state index is 12.6. The third kappa shape index (κ3) is 4.26. The molecule has 1 fully saturated rings. The number of esters is 1. The first-order chi connectivity index (χ1) is 12.9. The van der Waals surface area contributed by atoms with Gasteiger partial charge in [0.2, 0.25) is 0 Å². The zero-order valence-electron chi connectivity index (χ0n) is 16.5. The molecule has 0 aromatic carbocycles. The lowest BCUT2D eigenvalue weighted by Crippen LogP contribution is -2.49. The number of aromatic nitrogens is 1. The molecule has 2 aromatic heterocycles. The number of ether oxygens (including phenoxy) is 1. The van der Waals surface area contributed by atoms with Crippen molar-refractivity contribution in [2.24, 2.45) is 0 Å². The highest BCUT2D eigenvalue weighted by Gasteiger charge is 2.29. The van der Waals surface area contributed by atoms with Crippen molar-refractivity contribution in [3.63, 3.8) is 0 Å². The number of hydrogen-bond acceptors (Lipinski definition) is 4. The number of likely N-dealkylation sites (tertiary alicyclic amines) is 1. The minimum atomic E-state index is -0.425. The third-order valence-corrected chi connectivity index (χ3v) is 6.36. The van der Waals surface area contributed by atoms with Gasteiger partial charge in [0.25, 0.3) is 5.91 Å². The Labute approximate surface area is 164 Å². The SMILES string of the molecule is Cc1cc(C(=O)OCC(=O)N2[C@@H](C)CCC[C@@H]2C)c(C)n1Cc1cccs1. The summed E-state index contributed by atoms with van der Waals surface area (Å²) < 4.78 is 7.49. The van der Waals surface area contributed by atoms with Gasteiger partial charge in [-0.2, -0.15) is 0 Å². The monoisotopic (exact) mass is 388 g/mol. The molecular formula is C21H28N2O3S. The van der Waals surface area contributed by atoms with Gasteiger partial charge in [0, 0.05) is 28.3 Å². The lowest BCUT2D eigenvalue weighted by atomic mass is 9.97. The molecule has 2 atom stereocenters. The number of piperidine rings is 1. The number of amides is 1. The standard InChI is InChI=1S/C21H28N2O3S/c1-14-7-5-8-15(2)23(14)20(24)13-26-21(25)19-11-16(3)22(17(19)4)12-18-9-6-10-27-18/h6,9-11,14-15H,5,7-8,12-13H2,1-4H3/t14-,15-/m0/s1. The zero-order chi connectivity index (χ0) is 19.6. The summed E-state index contributed by atoms with van der Waals surface area (Å²) in [5.74, 6) is -0.526. The molecule has 5 nitrogen and oxygen atoms in total. The first-order valence-corrected chi connectivity index (χ1v) is 10.4. The van der Waals surface area contributed by atoms with Crippen molar-refractivity contribution >= 4 is 23.2 Å². The van der Waals surface area contributed by atoms with Crippen LogP contribution in [0.15, 0.2) is 23.6 Å². The van der Waals surface area contributed by atoms with E-state index in [1.165, 1.54) is 4.88 Å². The summed E-state index contributed by atoms with van der Waals surface area (Å²) in [6.45, 7) is 8.58. The molecule has 27 heavy (non-hydrogen) atoms. The molecule has 1 amide bonds. The van der Waals surface area contributed by atoms with Crippen molar-refractivity contribution < 1.29 is 14.3 Å². The van der Waals surface area contributed by atoms with Gasteiger partial charge < -0.3 is 14.2 Å². The van der Waals surface area contributed by atoms with Gasteiger partial charge in [-0.05, 0) is 64.5 Å². The summed E-state index contributed by atoms with van der Waals surface area (Å²) in [7, 11) is 0. The summed E-state index contributed by atoms with van der Waals surface area (Å²) in [5, 5.41) is 2.05. The van der Waals surface area contributed by atoms with Gasteiger partial charge in [0.15, 0.2) is 6.61 Å². The average molecular weight is 389 g/mol. The highest BCUT2D eigenvalue weighted by Crippen LogP contribution is 2.23. The van der Waals surface area contributed by atoms with Crippen molar-refractivity contribution in [2.45, 2.75) is 65.6 Å². The number of carbonyl (C=O) groups is 2. The third-order valence-electron chi connectivity index (χ3n) is 5.50. The van der Waals surface area contributed by atoms with E-state index in [9.17, 15) is 9.59 Å². The summed E-state index contributed by atoms with van der Waals surface area (Å²) >= 11 is 1.70. The predicted octanol–water partition coefficient (Wildman–Crippen LogP) is 4.16. The number of aryl methyl sites for hydroxylation is 1. The highest BCUT2D eigenvalue weighted by atomic mass is 32.1.